The van der Waals surface area contributed by atoms with Gasteiger partial charge in [0.1, 0.15) is 11.7 Å². The number of benzene rings is 1. The molecule has 7 heteroatoms. The first-order valence-corrected chi connectivity index (χ1v) is 11.8. The molecule has 2 N–H and O–H groups in total. The molecular weight excluding hydrogens is 412 g/mol. The summed E-state index contributed by atoms with van der Waals surface area (Å²) in [7, 11) is 1.90. The van der Waals surface area contributed by atoms with E-state index in [9.17, 15) is 4.79 Å². The molecule has 3 aliphatic rings. The largest absolute Gasteiger partial charge is 0.370 e. The highest BCUT2D eigenvalue weighted by Crippen LogP contribution is 2.32. The van der Waals surface area contributed by atoms with Crippen LogP contribution in [0.4, 0.5) is 17.5 Å². The van der Waals surface area contributed by atoms with E-state index in [0.29, 0.717) is 30.3 Å². The summed E-state index contributed by atoms with van der Waals surface area (Å²) in [6, 6.07) is 9.50. The fourth-order valence-corrected chi connectivity index (χ4v) is 5.02. The van der Waals surface area contributed by atoms with Crippen LogP contribution in [0, 0.1) is 6.92 Å². The lowest BCUT2D eigenvalue weighted by molar-refractivity contribution is -0.117. The molecule has 7 nitrogen and oxygen atoms in total. The van der Waals surface area contributed by atoms with Crippen LogP contribution in [0.25, 0.3) is 0 Å². The lowest BCUT2D eigenvalue weighted by atomic mass is 10.1. The highest BCUT2D eigenvalue weighted by molar-refractivity contribution is 6.03. The van der Waals surface area contributed by atoms with Gasteiger partial charge in [0.15, 0.2) is 5.82 Å². The fourth-order valence-electron chi connectivity index (χ4n) is 5.02. The van der Waals surface area contributed by atoms with Gasteiger partial charge in [-0.05, 0) is 56.7 Å². The van der Waals surface area contributed by atoms with Crippen LogP contribution in [0.15, 0.2) is 48.2 Å². The summed E-state index contributed by atoms with van der Waals surface area (Å²) in [5.41, 5.74) is 5.62. The normalized spacial score (nSPS) is 22.4. The van der Waals surface area contributed by atoms with Gasteiger partial charge in [0, 0.05) is 31.9 Å². The zero-order valence-corrected chi connectivity index (χ0v) is 19.8. The number of hydrogen-bond acceptors (Lipinski definition) is 6. The number of likely N-dealkylation sites (N-methyl/N-ethyl adjacent to an activating group) is 1. The van der Waals surface area contributed by atoms with Crippen molar-refractivity contribution in [1.29, 1.82) is 0 Å². The van der Waals surface area contributed by atoms with Gasteiger partial charge in [-0.25, -0.2) is 4.98 Å². The third kappa shape index (κ3) is 4.08. The third-order valence-electron chi connectivity index (χ3n) is 7.15. The number of rotatable bonds is 4. The molecule has 33 heavy (non-hydrogen) atoms. The molecule has 0 saturated heterocycles. The summed E-state index contributed by atoms with van der Waals surface area (Å²) in [5.74, 6) is 1.30. The Morgan fingerprint density at radius 1 is 1.15 bits per heavy atom. The average Bonchev–Trinajstić information content (AvgIpc) is 3.14. The smallest absolute Gasteiger partial charge is 0.246 e. The van der Waals surface area contributed by atoms with Crippen LogP contribution in [-0.4, -0.2) is 52.5 Å². The molecule has 0 fully saturated rings. The van der Waals surface area contributed by atoms with Crippen molar-refractivity contribution in [3.63, 3.8) is 0 Å². The van der Waals surface area contributed by atoms with E-state index in [2.05, 4.69) is 70.1 Å². The predicted molar refractivity (Wildman–Crippen MR) is 133 cm³/mol. The number of anilines is 3. The minimum atomic E-state index is -0.266. The summed E-state index contributed by atoms with van der Waals surface area (Å²) in [6.07, 6.45) is 10.0. The molecule has 5 rings (SSSR count). The molecule has 2 atom stereocenters. The molecule has 172 valence electrons. The van der Waals surface area contributed by atoms with Gasteiger partial charge < -0.3 is 20.4 Å². The molecule has 1 aromatic carbocycles. The Kier molecular flexibility index (Phi) is 5.56. The Balaban J connectivity index is 1.33. The van der Waals surface area contributed by atoms with Gasteiger partial charge in [-0.3, -0.25) is 4.79 Å². The number of carbonyl (C=O) groups is 1. The molecule has 0 radical (unpaired) electrons. The number of hydrogen-bond donors (Lipinski definition) is 2. The first kappa shape index (κ1) is 21.5. The van der Waals surface area contributed by atoms with Gasteiger partial charge in [0.25, 0.3) is 0 Å². The molecule has 1 amide bonds. The lowest BCUT2D eigenvalue weighted by Crippen LogP contribution is -2.44. The SMILES string of the molecule is Cc1nc(NCC2=CN(C3Cc4ccccc4C3)C(C)CC=C2)nc2c1NC(=O)[C@H](C)N2C. The highest BCUT2D eigenvalue weighted by atomic mass is 16.2. The molecule has 0 bridgehead atoms. The minimum Gasteiger partial charge on any atom is -0.370 e. The van der Waals surface area contributed by atoms with E-state index in [1.165, 1.54) is 16.7 Å². The van der Waals surface area contributed by atoms with Crippen LogP contribution in [0.2, 0.25) is 0 Å². The van der Waals surface area contributed by atoms with E-state index in [1.807, 2.05) is 25.8 Å². The van der Waals surface area contributed by atoms with Crippen molar-refractivity contribution in [1.82, 2.24) is 14.9 Å². The van der Waals surface area contributed by atoms with Crippen molar-refractivity contribution >= 4 is 23.4 Å². The van der Waals surface area contributed by atoms with Crippen LogP contribution in [0.3, 0.4) is 0 Å². The van der Waals surface area contributed by atoms with Crippen molar-refractivity contribution in [2.45, 2.75) is 58.2 Å². The first-order chi connectivity index (χ1) is 15.9. The van der Waals surface area contributed by atoms with Gasteiger partial charge in [-0.2, -0.15) is 4.98 Å². The second-order valence-electron chi connectivity index (χ2n) is 9.43. The van der Waals surface area contributed by atoms with E-state index in [4.69, 9.17) is 4.98 Å². The van der Waals surface area contributed by atoms with Gasteiger partial charge in [-0.1, -0.05) is 36.4 Å². The van der Waals surface area contributed by atoms with Crippen molar-refractivity contribution in [2.24, 2.45) is 0 Å². The monoisotopic (exact) mass is 444 g/mol. The fraction of sp³-hybridized carbons (Fsp3) is 0.423. The number of aryl methyl sites for hydroxylation is 1. The molecule has 1 unspecified atom stereocenters. The quantitative estimate of drug-likeness (QED) is 0.750. The maximum Gasteiger partial charge on any atom is 0.246 e. The maximum atomic E-state index is 12.2. The lowest BCUT2D eigenvalue weighted by Gasteiger charge is -2.33. The Bertz CT molecular complexity index is 1110. The van der Waals surface area contributed by atoms with Crippen molar-refractivity contribution < 1.29 is 4.79 Å². The molecule has 0 spiro atoms. The molecule has 2 aromatic rings. The minimum absolute atomic E-state index is 0.0329. The number of amides is 1. The standard InChI is InChI=1S/C26H32N6O/c1-16-8-7-9-19(15-32(16)22-12-20-10-5-6-11-21(20)13-22)14-27-26-28-17(2)23-24(30-26)31(4)18(3)25(33)29-23/h5-7,9-11,15-16,18,22H,8,12-14H2,1-4H3,(H,29,33)(H,27,28,30)/t16?,18-/m0/s1. The summed E-state index contributed by atoms with van der Waals surface area (Å²) < 4.78 is 0. The average molecular weight is 445 g/mol. The molecule has 1 aliphatic carbocycles. The highest BCUT2D eigenvalue weighted by Gasteiger charge is 2.31. The molecular formula is C26H32N6O. The Morgan fingerprint density at radius 2 is 1.88 bits per heavy atom. The van der Waals surface area contributed by atoms with E-state index < -0.39 is 0 Å². The van der Waals surface area contributed by atoms with Crippen LogP contribution in [-0.2, 0) is 17.6 Å². The first-order valence-electron chi connectivity index (χ1n) is 11.8. The van der Waals surface area contributed by atoms with E-state index in [-0.39, 0.29) is 11.9 Å². The molecule has 2 aliphatic heterocycles. The Labute approximate surface area is 195 Å². The van der Waals surface area contributed by atoms with Crippen LogP contribution in [0.1, 0.15) is 37.1 Å². The van der Waals surface area contributed by atoms with Gasteiger partial charge in [0.05, 0.1) is 5.69 Å². The zero-order chi connectivity index (χ0) is 23.1. The summed E-state index contributed by atoms with van der Waals surface area (Å²) in [5, 5.41) is 6.35. The molecule has 0 saturated carbocycles. The van der Waals surface area contributed by atoms with E-state index >= 15 is 0 Å². The van der Waals surface area contributed by atoms with Gasteiger partial charge >= 0.3 is 0 Å². The molecule has 3 heterocycles. The topological polar surface area (TPSA) is 73.4 Å². The van der Waals surface area contributed by atoms with Crippen LogP contribution in [0.5, 0.6) is 0 Å². The zero-order valence-electron chi connectivity index (χ0n) is 19.8. The number of aromatic nitrogens is 2. The Morgan fingerprint density at radius 3 is 2.61 bits per heavy atom. The van der Waals surface area contributed by atoms with Crippen molar-refractivity contribution in [3.05, 3.63) is 65.0 Å². The van der Waals surface area contributed by atoms with Crippen molar-refractivity contribution in [2.75, 3.05) is 29.1 Å². The Hall–Kier alpha value is -3.35. The van der Waals surface area contributed by atoms with Gasteiger partial charge in [-0.15, -0.1) is 0 Å². The maximum absolute atomic E-state index is 12.2. The van der Waals surface area contributed by atoms with E-state index in [1.54, 1.807) is 0 Å². The second-order valence-corrected chi connectivity index (χ2v) is 9.43. The predicted octanol–water partition coefficient (Wildman–Crippen LogP) is 3.68. The summed E-state index contributed by atoms with van der Waals surface area (Å²) >= 11 is 0. The number of nitrogens with one attached hydrogen (secondary N) is 2. The van der Waals surface area contributed by atoms with Crippen molar-refractivity contribution in [3.8, 4) is 0 Å². The summed E-state index contributed by atoms with van der Waals surface area (Å²) in [4.78, 5) is 25.9. The number of fused-ring (bicyclic) bond motifs is 2. The van der Waals surface area contributed by atoms with Crippen LogP contribution >= 0.6 is 0 Å². The van der Waals surface area contributed by atoms with Gasteiger partial charge in [0.2, 0.25) is 11.9 Å². The third-order valence-corrected chi connectivity index (χ3v) is 7.15. The van der Waals surface area contributed by atoms with E-state index in [0.717, 1.165) is 30.8 Å². The second kappa shape index (κ2) is 8.54. The van der Waals surface area contributed by atoms with Crippen LogP contribution < -0.4 is 15.5 Å². The number of carbonyl (C=O) groups excluding carboxylic acids is 1. The number of nitrogens with zero attached hydrogens (tertiary/aromatic N) is 4. The summed E-state index contributed by atoms with van der Waals surface area (Å²) in [6.45, 7) is 6.73. The molecule has 1 aromatic heterocycles.